The molecule has 2 saturated heterocycles. The van der Waals surface area contributed by atoms with Crippen molar-refractivity contribution < 1.29 is 14.3 Å². The van der Waals surface area contributed by atoms with E-state index in [4.69, 9.17) is 4.74 Å². The van der Waals surface area contributed by atoms with Gasteiger partial charge in [0.2, 0.25) is 0 Å². The fourth-order valence-corrected chi connectivity index (χ4v) is 5.16. The highest BCUT2D eigenvalue weighted by Crippen LogP contribution is 2.61. The van der Waals surface area contributed by atoms with Gasteiger partial charge in [0, 0.05) is 17.4 Å². The molecule has 1 saturated carbocycles. The van der Waals surface area contributed by atoms with Crippen molar-refractivity contribution >= 4 is 11.8 Å². The molecule has 3 heteroatoms. The molecule has 0 N–H and O–H groups in total. The van der Waals surface area contributed by atoms with E-state index in [1.54, 1.807) is 0 Å². The predicted molar refractivity (Wildman–Crippen MR) is 87.5 cm³/mol. The molecule has 4 aliphatic rings. The molecular weight excluding hydrogens is 288 g/mol. The zero-order valence-electron chi connectivity index (χ0n) is 14.3. The van der Waals surface area contributed by atoms with Crippen molar-refractivity contribution in [3.8, 4) is 0 Å². The molecule has 3 nitrogen and oxygen atoms in total. The second-order valence-corrected chi connectivity index (χ2v) is 8.36. The third kappa shape index (κ3) is 1.71. The van der Waals surface area contributed by atoms with Crippen LogP contribution >= 0.6 is 0 Å². The van der Waals surface area contributed by atoms with Crippen LogP contribution in [-0.4, -0.2) is 17.9 Å². The minimum Gasteiger partial charge on any atom is -0.461 e. The van der Waals surface area contributed by atoms with Gasteiger partial charge in [0.25, 0.3) is 0 Å². The SMILES string of the molecule is CC(C)c1ccc2c(c1)C(=O)C[C@@H]1C(C)(C)[C@H]3CC[C@@]21C(=O)O3. The van der Waals surface area contributed by atoms with Gasteiger partial charge in [0.1, 0.15) is 6.10 Å². The van der Waals surface area contributed by atoms with Gasteiger partial charge in [0.15, 0.2) is 5.78 Å². The van der Waals surface area contributed by atoms with Gasteiger partial charge < -0.3 is 4.74 Å². The third-order valence-electron chi connectivity index (χ3n) is 6.62. The molecule has 5 rings (SSSR count). The van der Waals surface area contributed by atoms with Gasteiger partial charge in [-0.2, -0.15) is 0 Å². The van der Waals surface area contributed by atoms with Crippen LogP contribution in [0.5, 0.6) is 0 Å². The summed E-state index contributed by atoms with van der Waals surface area (Å²) in [6, 6.07) is 6.11. The summed E-state index contributed by atoms with van der Waals surface area (Å²) in [5.74, 6) is 0.504. The molecule has 0 unspecified atom stereocenters. The molecule has 1 spiro atoms. The molecule has 0 aromatic heterocycles. The van der Waals surface area contributed by atoms with Crippen molar-refractivity contribution in [3.63, 3.8) is 0 Å². The second kappa shape index (κ2) is 4.46. The Labute approximate surface area is 137 Å². The lowest BCUT2D eigenvalue weighted by atomic mass is 9.47. The molecule has 0 radical (unpaired) electrons. The van der Waals surface area contributed by atoms with Crippen LogP contribution in [0.2, 0.25) is 0 Å². The summed E-state index contributed by atoms with van der Waals surface area (Å²) in [6.45, 7) is 8.56. The molecule has 0 amide bonds. The standard InChI is InChI=1S/C20H24O3/c1-11(2)12-5-6-14-13(9-12)15(21)10-16-19(3,4)17-7-8-20(14,16)18(22)23-17/h5-6,9,11,16-17H,7-8,10H2,1-4H3/t16-,17-,20-/m1/s1. The number of ketones is 1. The highest BCUT2D eigenvalue weighted by molar-refractivity contribution is 6.03. The lowest BCUT2D eigenvalue weighted by Crippen LogP contribution is -2.66. The Morgan fingerprint density at radius 3 is 2.61 bits per heavy atom. The number of hydrogen-bond donors (Lipinski definition) is 0. The normalized spacial score (nSPS) is 34.1. The maximum Gasteiger partial charge on any atom is 0.317 e. The molecule has 23 heavy (non-hydrogen) atoms. The Hall–Kier alpha value is -1.64. The van der Waals surface area contributed by atoms with E-state index >= 15 is 0 Å². The summed E-state index contributed by atoms with van der Waals surface area (Å²) in [4.78, 5) is 25.7. The highest BCUT2D eigenvalue weighted by Gasteiger charge is 2.66. The highest BCUT2D eigenvalue weighted by atomic mass is 16.5. The van der Waals surface area contributed by atoms with Gasteiger partial charge in [0.05, 0.1) is 5.41 Å². The smallest absolute Gasteiger partial charge is 0.317 e. The van der Waals surface area contributed by atoms with E-state index < -0.39 is 5.41 Å². The van der Waals surface area contributed by atoms with E-state index in [-0.39, 0.29) is 29.2 Å². The number of rotatable bonds is 1. The second-order valence-electron chi connectivity index (χ2n) is 8.36. The van der Waals surface area contributed by atoms with Gasteiger partial charge in [-0.15, -0.1) is 0 Å². The zero-order chi connectivity index (χ0) is 16.6. The summed E-state index contributed by atoms with van der Waals surface area (Å²) in [5.41, 5.74) is 2.07. The van der Waals surface area contributed by atoms with Crippen LogP contribution in [0.3, 0.4) is 0 Å². The number of esters is 1. The number of carbonyl (C=O) groups is 2. The van der Waals surface area contributed by atoms with Crippen molar-refractivity contribution in [2.24, 2.45) is 11.3 Å². The van der Waals surface area contributed by atoms with E-state index in [1.165, 1.54) is 0 Å². The van der Waals surface area contributed by atoms with Crippen molar-refractivity contribution in [2.45, 2.75) is 64.4 Å². The minimum atomic E-state index is -0.614. The van der Waals surface area contributed by atoms with Gasteiger partial charge >= 0.3 is 5.97 Å². The van der Waals surface area contributed by atoms with Crippen molar-refractivity contribution in [1.29, 1.82) is 0 Å². The number of fused-ring (bicyclic) bond motifs is 3. The van der Waals surface area contributed by atoms with Gasteiger partial charge in [-0.05, 0) is 41.9 Å². The number of carbonyl (C=O) groups excluding carboxylic acids is 2. The predicted octanol–water partition coefficient (Wildman–Crippen LogP) is 4.00. The molecular formula is C20H24O3. The summed E-state index contributed by atoms with van der Waals surface area (Å²) < 4.78 is 5.78. The van der Waals surface area contributed by atoms with Crippen molar-refractivity contribution in [2.75, 3.05) is 0 Å². The van der Waals surface area contributed by atoms with E-state index in [1.807, 2.05) is 12.1 Å². The van der Waals surface area contributed by atoms with Crippen LogP contribution in [0.4, 0.5) is 0 Å². The summed E-state index contributed by atoms with van der Waals surface area (Å²) in [5, 5.41) is 0. The van der Waals surface area contributed by atoms with E-state index in [2.05, 4.69) is 33.8 Å². The summed E-state index contributed by atoms with van der Waals surface area (Å²) >= 11 is 0. The van der Waals surface area contributed by atoms with Crippen LogP contribution in [-0.2, 0) is 14.9 Å². The molecule has 1 aromatic carbocycles. The Bertz CT molecular complexity index is 716. The fourth-order valence-electron chi connectivity index (χ4n) is 5.16. The lowest BCUT2D eigenvalue weighted by molar-refractivity contribution is -0.206. The Morgan fingerprint density at radius 1 is 1.22 bits per heavy atom. The average molecular weight is 312 g/mol. The number of hydrogen-bond acceptors (Lipinski definition) is 3. The Balaban J connectivity index is 1.96. The topological polar surface area (TPSA) is 43.4 Å². The maximum atomic E-state index is 12.9. The molecule has 2 heterocycles. The van der Waals surface area contributed by atoms with E-state index in [0.29, 0.717) is 12.3 Å². The quantitative estimate of drug-likeness (QED) is 0.736. The molecule has 2 bridgehead atoms. The Kier molecular flexibility index (Phi) is 2.89. The van der Waals surface area contributed by atoms with Gasteiger partial charge in [-0.25, -0.2) is 0 Å². The minimum absolute atomic E-state index is 0.0498. The van der Waals surface area contributed by atoms with Crippen LogP contribution in [0.25, 0.3) is 0 Å². The number of benzene rings is 1. The Morgan fingerprint density at radius 2 is 1.96 bits per heavy atom. The number of Topliss-reactive ketones (excluding diaryl/α,β-unsaturated/α-hetero) is 1. The maximum absolute atomic E-state index is 12.9. The molecule has 2 aliphatic carbocycles. The third-order valence-corrected chi connectivity index (χ3v) is 6.62. The molecule has 3 atom stereocenters. The van der Waals surface area contributed by atoms with Crippen LogP contribution in [0, 0.1) is 11.3 Å². The van der Waals surface area contributed by atoms with E-state index in [0.717, 1.165) is 29.5 Å². The fraction of sp³-hybridized carbons (Fsp3) is 0.600. The van der Waals surface area contributed by atoms with Crippen LogP contribution in [0.15, 0.2) is 18.2 Å². The first-order valence-corrected chi connectivity index (χ1v) is 8.67. The molecule has 3 fully saturated rings. The van der Waals surface area contributed by atoms with Crippen LogP contribution in [0.1, 0.15) is 74.4 Å². The molecule has 1 aromatic rings. The summed E-state index contributed by atoms with van der Waals surface area (Å²) in [6.07, 6.45) is 2.12. The van der Waals surface area contributed by atoms with Gasteiger partial charge in [-0.1, -0.05) is 39.8 Å². The first-order valence-electron chi connectivity index (χ1n) is 8.67. The first kappa shape index (κ1) is 14.9. The van der Waals surface area contributed by atoms with E-state index in [9.17, 15) is 9.59 Å². The van der Waals surface area contributed by atoms with Crippen LogP contribution < -0.4 is 0 Å². The number of ether oxygens (including phenoxy) is 1. The monoisotopic (exact) mass is 312 g/mol. The largest absolute Gasteiger partial charge is 0.461 e. The average Bonchev–Trinajstić information content (AvgIpc) is 2.50. The lowest BCUT2D eigenvalue weighted by Gasteiger charge is -2.60. The van der Waals surface area contributed by atoms with Crippen molar-refractivity contribution in [3.05, 3.63) is 34.9 Å². The zero-order valence-corrected chi connectivity index (χ0v) is 14.3. The van der Waals surface area contributed by atoms with Gasteiger partial charge in [-0.3, -0.25) is 9.59 Å². The first-order chi connectivity index (χ1) is 10.8. The summed E-state index contributed by atoms with van der Waals surface area (Å²) in [7, 11) is 0. The molecule has 2 aliphatic heterocycles. The molecule has 122 valence electrons. The van der Waals surface area contributed by atoms with Crippen molar-refractivity contribution in [1.82, 2.24) is 0 Å².